The largest absolute Gasteiger partial charge is 0.345 e. The average molecular weight is 394 g/mol. The molecule has 144 valence electrons. The molecule has 28 heavy (non-hydrogen) atoms. The molecule has 6 heteroatoms. The molecule has 2 aliphatic carbocycles. The summed E-state index contributed by atoms with van der Waals surface area (Å²) < 4.78 is 1.69. The fourth-order valence-corrected chi connectivity index (χ4v) is 5.71. The van der Waals surface area contributed by atoms with Gasteiger partial charge in [0.25, 0.3) is 11.5 Å². The minimum absolute atomic E-state index is 0.0443. The van der Waals surface area contributed by atoms with Crippen LogP contribution < -0.4 is 10.9 Å². The summed E-state index contributed by atoms with van der Waals surface area (Å²) in [5.74, 6) is -0.317. The Hall–Kier alpha value is -2.47. The molecule has 0 spiro atoms. The molecule has 0 saturated heterocycles. The lowest BCUT2D eigenvalue weighted by Gasteiger charge is -2.26. The number of amides is 1. The van der Waals surface area contributed by atoms with E-state index in [4.69, 9.17) is 0 Å². The third-order valence-electron chi connectivity index (χ3n) is 5.97. The molecule has 0 unspecified atom stereocenters. The van der Waals surface area contributed by atoms with Crippen LogP contribution in [0.5, 0.6) is 0 Å². The van der Waals surface area contributed by atoms with Gasteiger partial charge in [0, 0.05) is 16.8 Å². The first-order valence-electron chi connectivity index (χ1n) is 10.1. The van der Waals surface area contributed by atoms with Crippen LogP contribution in [0.2, 0.25) is 0 Å². The summed E-state index contributed by atoms with van der Waals surface area (Å²) in [5, 5.41) is 3.09. The highest BCUT2D eigenvalue weighted by Gasteiger charge is 2.25. The van der Waals surface area contributed by atoms with Gasteiger partial charge < -0.3 is 5.32 Å². The van der Waals surface area contributed by atoms with Crippen LogP contribution in [-0.4, -0.2) is 15.3 Å². The fourth-order valence-electron chi connectivity index (χ4n) is 4.54. The van der Waals surface area contributed by atoms with Crippen molar-refractivity contribution in [2.75, 3.05) is 0 Å². The number of nitrogens with zero attached hydrogens (tertiary/aromatic N) is 2. The SMILES string of the molecule is O=C(N[C@H]1CCCc2ccccc21)c1cnc2sc3c(n2c1=O)CCCCC3. The quantitative estimate of drug-likeness (QED) is 0.673. The Labute approximate surface area is 167 Å². The van der Waals surface area contributed by atoms with E-state index in [1.807, 2.05) is 12.1 Å². The van der Waals surface area contributed by atoms with Crippen molar-refractivity contribution in [3.63, 3.8) is 0 Å². The van der Waals surface area contributed by atoms with E-state index in [0.29, 0.717) is 4.96 Å². The van der Waals surface area contributed by atoms with E-state index >= 15 is 0 Å². The maximum Gasteiger partial charge on any atom is 0.271 e. The normalized spacial score (nSPS) is 18.9. The van der Waals surface area contributed by atoms with Gasteiger partial charge in [-0.2, -0.15) is 0 Å². The van der Waals surface area contributed by atoms with Crippen LogP contribution in [0.15, 0.2) is 35.3 Å². The maximum atomic E-state index is 13.2. The van der Waals surface area contributed by atoms with Gasteiger partial charge in [0.15, 0.2) is 4.96 Å². The number of hydrogen-bond acceptors (Lipinski definition) is 4. The standard InChI is InChI=1S/C22H23N3O2S/c26-20(24-17-10-6-8-14-7-4-5-9-15(14)17)16-13-23-22-25(21(16)27)18-11-2-1-3-12-19(18)28-22/h4-5,7,9,13,17H,1-3,6,8,10-12H2,(H,24,26)/t17-/m0/s1. The Morgan fingerprint density at radius 1 is 1.11 bits per heavy atom. The number of thiazole rings is 1. The highest BCUT2D eigenvalue weighted by molar-refractivity contribution is 7.17. The Bertz CT molecular complexity index is 1110. The summed E-state index contributed by atoms with van der Waals surface area (Å²) in [5.41, 5.74) is 3.43. The molecule has 2 heterocycles. The van der Waals surface area contributed by atoms with Gasteiger partial charge >= 0.3 is 0 Å². The minimum atomic E-state index is -0.317. The Morgan fingerprint density at radius 2 is 1.96 bits per heavy atom. The second-order valence-electron chi connectivity index (χ2n) is 7.74. The van der Waals surface area contributed by atoms with Gasteiger partial charge in [-0.05, 0) is 56.1 Å². The average Bonchev–Trinajstić information content (AvgIpc) is 2.91. The predicted octanol–water partition coefficient (Wildman–Crippen LogP) is 3.83. The molecule has 2 aromatic heterocycles. The van der Waals surface area contributed by atoms with Crippen molar-refractivity contribution in [2.24, 2.45) is 0 Å². The van der Waals surface area contributed by atoms with Gasteiger partial charge in [-0.3, -0.25) is 14.0 Å². The number of fused-ring (bicyclic) bond motifs is 4. The zero-order valence-corrected chi connectivity index (χ0v) is 16.6. The molecule has 1 atom stereocenters. The lowest BCUT2D eigenvalue weighted by molar-refractivity contribution is 0.0930. The lowest BCUT2D eigenvalue weighted by atomic mass is 9.87. The van der Waals surface area contributed by atoms with Crippen molar-refractivity contribution in [1.82, 2.24) is 14.7 Å². The molecule has 1 aromatic carbocycles. The zero-order chi connectivity index (χ0) is 19.1. The Balaban J connectivity index is 1.50. The monoisotopic (exact) mass is 393 g/mol. The van der Waals surface area contributed by atoms with Crippen LogP contribution in [0.25, 0.3) is 4.96 Å². The first-order valence-corrected chi connectivity index (χ1v) is 10.9. The van der Waals surface area contributed by atoms with Gasteiger partial charge in [-0.15, -0.1) is 11.3 Å². The smallest absolute Gasteiger partial charge is 0.271 e. The number of carbonyl (C=O) groups is 1. The van der Waals surface area contributed by atoms with Crippen LogP contribution in [-0.2, 0) is 19.3 Å². The molecule has 1 N–H and O–H groups in total. The van der Waals surface area contributed by atoms with E-state index in [1.54, 1.807) is 15.7 Å². The molecule has 0 bridgehead atoms. The second kappa shape index (κ2) is 7.17. The van der Waals surface area contributed by atoms with Crippen LogP contribution in [0.1, 0.15) is 70.2 Å². The van der Waals surface area contributed by atoms with Gasteiger partial charge in [-0.1, -0.05) is 30.7 Å². The third kappa shape index (κ3) is 2.96. The molecule has 1 amide bonds. The van der Waals surface area contributed by atoms with E-state index < -0.39 is 0 Å². The first kappa shape index (κ1) is 17.6. The Morgan fingerprint density at radius 3 is 2.89 bits per heavy atom. The van der Waals surface area contributed by atoms with E-state index in [0.717, 1.165) is 50.6 Å². The maximum absolute atomic E-state index is 13.2. The molecule has 0 fully saturated rings. The van der Waals surface area contributed by atoms with Crippen molar-refractivity contribution in [1.29, 1.82) is 0 Å². The molecule has 0 saturated carbocycles. The summed E-state index contributed by atoms with van der Waals surface area (Å²) in [6.07, 6.45) is 9.75. The zero-order valence-electron chi connectivity index (χ0n) is 15.7. The van der Waals surface area contributed by atoms with E-state index in [-0.39, 0.29) is 23.1 Å². The predicted molar refractivity (Wildman–Crippen MR) is 110 cm³/mol. The summed E-state index contributed by atoms with van der Waals surface area (Å²) >= 11 is 1.59. The molecule has 5 nitrogen and oxygen atoms in total. The summed E-state index contributed by atoms with van der Waals surface area (Å²) in [6, 6.07) is 8.20. The lowest BCUT2D eigenvalue weighted by Crippen LogP contribution is -2.35. The summed E-state index contributed by atoms with van der Waals surface area (Å²) in [4.78, 5) is 32.6. The van der Waals surface area contributed by atoms with Gasteiger partial charge in [-0.25, -0.2) is 4.98 Å². The number of aromatic nitrogens is 2. The summed E-state index contributed by atoms with van der Waals surface area (Å²) in [6.45, 7) is 0. The number of rotatable bonds is 2. The summed E-state index contributed by atoms with van der Waals surface area (Å²) in [7, 11) is 0. The second-order valence-corrected chi connectivity index (χ2v) is 8.81. The number of hydrogen-bond donors (Lipinski definition) is 1. The number of benzene rings is 1. The fraction of sp³-hybridized carbons (Fsp3) is 0.409. The van der Waals surface area contributed by atoms with Crippen molar-refractivity contribution < 1.29 is 4.79 Å². The van der Waals surface area contributed by atoms with Crippen molar-refractivity contribution in [3.05, 3.63) is 68.1 Å². The topological polar surface area (TPSA) is 63.5 Å². The van der Waals surface area contributed by atoms with Crippen molar-refractivity contribution in [3.8, 4) is 0 Å². The molecule has 0 radical (unpaired) electrons. The Kier molecular flexibility index (Phi) is 4.51. The number of nitrogens with one attached hydrogen (secondary N) is 1. The highest BCUT2D eigenvalue weighted by Crippen LogP contribution is 2.30. The van der Waals surface area contributed by atoms with Gasteiger partial charge in [0.1, 0.15) is 5.56 Å². The number of carbonyl (C=O) groups excluding carboxylic acids is 1. The number of aryl methyl sites for hydroxylation is 3. The molecular formula is C22H23N3O2S. The van der Waals surface area contributed by atoms with E-state index in [2.05, 4.69) is 22.4 Å². The first-order chi connectivity index (χ1) is 13.7. The molecule has 5 rings (SSSR count). The molecule has 3 aromatic rings. The van der Waals surface area contributed by atoms with E-state index in [1.165, 1.54) is 28.6 Å². The van der Waals surface area contributed by atoms with Crippen LogP contribution >= 0.6 is 11.3 Å². The van der Waals surface area contributed by atoms with Crippen LogP contribution in [0, 0.1) is 0 Å². The molecule has 2 aliphatic rings. The van der Waals surface area contributed by atoms with Crippen LogP contribution in [0.3, 0.4) is 0 Å². The van der Waals surface area contributed by atoms with Gasteiger partial charge in [0.2, 0.25) is 0 Å². The minimum Gasteiger partial charge on any atom is -0.345 e. The van der Waals surface area contributed by atoms with Crippen molar-refractivity contribution in [2.45, 2.75) is 57.4 Å². The molecular weight excluding hydrogens is 370 g/mol. The highest BCUT2D eigenvalue weighted by atomic mass is 32.1. The van der Waals surface area contributed by atoms with Gasteiger partial charge in [0.05, 0.1) is 6.04 Å². The van der Waals surface area contributed by atoms with Crippen molar-refractivity contribution >= 4 is 22.2 Å². The van der Waals surface area contributed by atoms with E-state index in [9.17, 15) is 9.59 Å². The van der Waals surface area contributed by atoms with Crippen LogP contribution in [0.4, 0.5) is 0 Å². The third-order valence-corrected chi connectivity index (χ3v) is 7.13. The molecule has 0 aliphatic heterocycles.